The summed E-state index contributed by atoms with van der Waals surface area (Å²) in [5, 5.41) is 12.9. The monoisotopic (exact) mass is 269 g/mol. The number of hydrogen-bond acceptors (Lipinski definition) is 5. The molecule has 1 rings (SSSR count). The lowest BCUT2D eigenvalue weighted by Crippen LogP contribution is -2.16. The Morgan fingerprint density at radius 1 is 1.16 bits per heavy atom. The minimum absolute atomic E-state index is 0.171. The van der Waals surface area contributed by atoms with Gasteiger partial charge in [-0.25, -0.2) is 0 Å². The van der Waals surface area contributed by atoms with Gasteiger partial charge in [-0.3, -0.25) is 0 Å². The van der Waals surface area contributed by atoms with Crippen LogP contribution >= 0.6 is 0 Å². The van der Waals surface area contributed by atoms with Gasteiger partial charge in [-0.1, -0.05) is 6.07 Å². The predicted molar refractivity (Wildman–Crippen MR) is 73.7 cm³/mol. The van der Waals surface area contributed by atoms with E-state index in [1.165, 1.54) is 7.11 Å². The largest absolute Gasteiger partial charge is 0.504 e. The van der Waals surface area contributed by atoms with Gasteiger partial charge in [-0.15, -0.1) is 0 Å². The molecule has 0 saturated carbocycles. The summed E-state index contributed by atoms with van der Waals surface area (Å²) in [5.74, 6) is 0.667. The Balaban J connectivity index is 2.11. The van der Waals surface area contributed by atoms with Crippen molar-refractivity contribution < 1.29 is 19.3 Å². The van der Waals surface area contributed by atoms with Crippen molar-refractivity contribution in [2.45, 2.75) is 13.0 Å². The first-order chi connectivity index (χ1) is 9.27. The Labute approximate surface area is 114 Å². The molecule has 0 radical (unpaired) electrons. The van der Waals surface area contributed by atoms with Crippen molar-refractivity contribution in [3.05, 3.63) is 23.8 Å². The van der Waals surface area contributed by atoms with Gasteiger partial charge < -0.3 is 24.6 Å². The van der Waals surface area contributed by atoms with Gasteiger partial charge in [-0.05, 0) is 30.7 Å². The Morgan fingerprint density at radius 3 is 2.68 bits per heavy atom. The normalized spacial score (nSPS) is 10.6. The van der Waals surface area contributed by atoms with Crippen LogP contribution in [0.3, 0.4) is 0 Å². The number of ether oxygens (including phenoxy) is 3. The van der Waals surface area contributed by atoms with Crippen molar-refractivity contribution in [1.29, 1.82) is 0 Å². The molecule has 0 aromatic heterocycles. The fourth-order valence-corrected chi connectivity index (χ4v) is 1.62. The first-order valence-electron chi connectivity index (χ1n) is 6.41. The third kappa shape index (κ3) is 6.42. The van der Waals surface area contributed by atoms with Gasteiger partial charge in [0.1, 0.15) is 0 Å². The van der Waals surface area contributed by atoms with Crippen molar-refractivity contribution in [3.63, 3.8) is 0 Å². The summed E-state index contributed by atoms with van der Waals surface area (Å²) in [6, 6.07) is 5.40. The van der Waals surface area contributed by atoms with E-state index in [1.807, 2.05) is 6.07 Å². The number of phenols is 1. The average Bonchev–Trinajstić information content (AvgIpc) is 2.42. The first-order valence-corrected chi connectivity index (χ1v) is 6.41. The lowest BCUT2D eigenvalue weighted by Gasteiger charge is -2.08. The molecule has 19 heavy (non-hydrogen) atoms. The smallest absolute Gasteiger partial charge is 0.160 e. The van der Waals surface area contributed by atoms with Gasteiger partial charge in [0.25, 0.3) is 0 Å². The van der Waals surface area contributed by atoms with Crippen LogP contribution in [0.5, 0.6) is 11.5 Å². The van der Waals surface area contributed by atoms with Gasteiger partial charge in [0.05, 0.1) is 20.3 Å². The molecule has 0 fully saturated rings. The summed E-state index contributed by atoms with van der Waals surface area (Å²) in [7, 11) is 3.20. The quantitative estimate of drug-likeness (QED) is 0.631. The molecule has 0 unspecified atom stereocenters. The highest BCUT2D eigenvalue weighted by molar-refractivity contribution is 5.41. The van der Waals surface area contributed by atoms with Crippen LogP contribution in [0.15, 0.2) is 18.2 Å². The third-order valence-electron chi connectivity index (χ3n) is 2.65. The van der Waals surface area contributed by atoms with Crippen LogP contribution in [0.1, 0.15) is 12.0 Å². The van der Waals surface area contributed by atoms with Crippen LogP contribution in [0, 0.1) is 0 Å². The summed E-state index contributed by atoms with van der Waals surface area (Å²) in [6.07, 6.45) is 0.950. The van der Waals surface area contributed by atoms with Crippen LogP contribution in [-0.2, 0) is 16.0 Å². The molecule has 0 amide bonds. The molecule has 5 nitrogen and oxygen atoms in total. The van der Waals surface area contributed by atoms with E-state index in [-0.39, 0.29) is 5.75 Å². The molecule has 0 heterocycles. The number of phenolic OH excluding ortho intramolecular Hbond substituents is 1. The molecule has 108 valence electrons. The molecule has 0 aliphatic carbocycles. The molecule has 2 N–H and O–H groups in total. The van der Waals surface area contributed by atoms with E-state index in [4.69, 9.17) is 14.2 Å². The number of rotatable bonds is 10. The van der Waals surface area contributed by atoms with Crippen LogP contribution < -0.4 is 10.1 Å². The second kappa shape index (κ2) is 9.61. The van der Waals surface area contributed by atoms with Gasteiger partial charge in [0, 0.05) is 20.3 Å². The highest BCUT2D eigenvalue weighted by Crippen LogP contribution is 2.25. The highest BCUT2D eigenvalue weighted by Gasteiger charge is 2.01. The Bertz CT molecular complexity index is 357. The predicted octanol–water partition coefficient (Wildman–Crippen LogP) is 1.54. The maximum atomic E-state index is 9.63. The van der Waals surface area contributed by atoms with Crippen LogP contribution in [0.2, 0.25) is 0 Å². The van der Waals surface area contributed by atoms with Crippen molar-refractivity contribution in [3.8, 4) is 11.5 Å². The van der Waals surface area contributed by atoms with E-state index in [2.05, 4.69) is 5.32 Å². The summed E-state index contributed by atoms with van der Waals surface area (Å²) >= 11 is 0. The zero-order chi connectivity index (χ0) is 13.9. The number of hydrogen-bond donors (Lipinski definition) is 2. The van der Waals surface area contributed by atoms with E-state index in [0.717, 1.165) is 31.7 Å². The van der Waals surface area contributed by atoms with E-state index >= 15 is 0 Å². The Morgan fingerprint density at radius 2 is 2.00 bits per heavy atom. The molecule has 0 atom stereocenters. The maximum Gasteiger partial charge on any atom is 0.160 e. The van der Waals surface area contributed by atoms with Crippen LogP contribution in [0.4, 0.5) is 0 Å². The van der Waals surface area contributed by atoms with E-state index < -0.39 is 0 Å². The minimum atomic E-state index is 0.171. The highest BCUT2D eigenvalue weighted by atomic mass is 16.5. The molecule has 0 bridgehead atoms. The molecule has 5 heteroatoms. The van der Waals surface area contributed by atoms with Gasteiger partial charge in [-0.2, -0.15) is 0 Å². The van der Waals surface area contributed by atoms with E-state index in [9.17, 15) is 5.11 Å². The second-order valence-corrected chi connectivity index (χ2v) is 4.14. The molecule has 0 aliphatic rings. The molecule has 1 aromatic carbocycles. The van der Waals surface area contributed by atoms with E-state index in [0.29, 0.717) is 19.0 Å². The van der Waals surface area contributed by atoms with Crippen molar-refractivity contribution in [2.75, 3.05) is 40.6 Å². The maximum absolute atomic E-state index is 9.63. The molecule has 1 aromatic rings. The SMILES string of the molecule is COCCOCCCNCc1ccc(OC)c(O)c1. The molecule has 0 spiro atoms. The standard InChI is InChI=1S/C14H23NO4/c1-17-8-9-19-7-3-6-15-11-12-4-5-14(18-2)13(16)10-12/h4-5,10,15-16H,3,6-9,11H2,1-2H3. The van der Waals surface area contributed by atoms with Crippen LogP contribution in [-0.4, -0.2) is 45.7 Å². The number of aromatic hydroxyl groups is 1. The lowest BCUT2D eigenvalue weighted by atomic mass is 10.2. The molecular formula is C14H23NO4. The summed E-state index contributed by atoms with van der Waals surface area (Å²) in [5.41, 5.74) is 1.03. The Hall–Kier alpha value is -1.30. The topological polar surface area (TPSA) is 60.0 Å². The van der Waals surface area contributed by atoms with Gasteiger partial charge in [0.2, 0.25) is 0 Å². The summed E-state index contributed by atoms with van der Waals surface area (Å²) < 4.78 is 15.2. The average molecular weight is 269 g/mol. The lowest BCUT2D eigenvalue weighted by molar-refractivity contribution is 0.0695. The second-order valence-electron chi connectivity index (χ2n) is 4.14. The zero-order valence-electron chi connectivity index (χ0n) is 11.6. The minimum Gasteiger partial charge on any atom is -0.504 e. The Kier molecular flexibility index (Phi) is 7.97. The number of methoxy groups -OCH3 is 2. The van der Waals surface area contributed by atoms with Gasteiger partial charge >= 0.3 is 0 Å². The summed E-state index contributed by atoms with van der Waals surface area (Å²) in [6.45, 7) is 3.60. The molecule has 0 aliphatic heterocycles. The fourth-order valence-electron chi connectivity index (χ4n) is 1.62. The third-order valence-corrected chi connectivity index (χ3v) is 2.65. The van der Waals surface area contributed by atoms with Crippen molar-refractivity contribution in [1.82, 2.24) is 5.32 Å². The number of benzene rings is 1. The summed E-state index contributed by atoms with van der Waals surface area (Å²) in [4.78, 5) is 0. The first kappa shape index (κ1) is 15.8. The van der Waals surface area contributed by atoms with Gasteiger partial charge in [0.15, 0.2) is 11.5 Å². The zero-order valence-corrected chi connectivity index (χ0v) is 11.6. The fraction of sp³-hybridized carbons (Fsp3) is 0.571. The number of nitrogens with one attached hydrogen (secondary N) is 1. The molecule has 0 saturated heterocycles. The van der Waals surface area contributed by atoms with Crippen LogP contribution in [0.25, 0.3) is 0 Å². The molecular weight excluding hydrogens is 246 g/mol. The van der Waals surface area contributed by atoms with Crippen molar-refractivity contribution >= 4 is 0 Å². The van der Waals surface area contributed by atoms with Crippen molar-refractivity contribution in [2.24, 2.45) is 0 Å². The van der Waals surface area contributed by atoms with E-state index in [1.54, 1.807) is 19.2 Å².